The van der Waals surface area contributed by atoms with Crippen molar-refractivity contribution < 1.29 is 28.7 Å². The number of carbonyl (C=O) groups is 4. The van der Waals surface area contributed by atoms with Crippen LogP contribution in [0.2, 0.25) is 0 Å². The lowest BCUT2D eigenvalue weighted by Crippen LogP contribution is -2.36. The van der Waals surface area contributed by atoms with Crippen LogP contribution in [0.5, 0.6) is 0 Å². The minimum atomic E-state index is -0.623. The molecule has 1 aromatic rings. The summed E-state index contributed by atoms with van der Waals surface area (Å²) in [6, 6.07) is 6.46. The highest BCUT2D eigenvalue weighted by Gasteiger charge is 2.48. The fourth-order valence-electron chi connectivity index (χ4n) is 3.58. The van der Waals surface area contributed by atoms with E-state index in [-0.39, 0.29) is 36.8 Å². The number of hydrogen-bond donors (Lipinski definition) is 0. The van der Waals surface area contributed by atoms with Crippen molar-refractivity contribution in [3.05, 3.63) is 35.4 Å². The lowest BCUT2D eigenvalue weighted by atomic mass is 9.81. The molecule has 0 bridgehead atoms. The maximum absolute atomic E-state index is 12.3. The maximum Gasteiger partial charge on any atom is 0.337 e. The van der Waals surface area contributed by atoms with E-state index < -0.39 is 11.9 Å². The number of fused-ring (bicyclic) bond motifs is 1. The molecule has 7 heteroatoms. The molecule has 0 aromatic heterocycles. The van der Waals surface area contributed by atoms with Crippen LogP contribution in [0.15, 0.2) is 24.3 Å². The number of methoxy groups -OCH3 is 1. The van der Waals surface area contributed by atoms with Crippen LogP contribution in [0.4, 0.5) is 0 Å². The van der Waals surface area contributed by atoms with Gasteiger partial charge < -0.3 is 9.47 Å². The van der Waals surface area contributed by atoms with Gasteiger partial charge in [0.1, 0.15) is 13.2 Å². The zero-order valence-electron chi connectivity index (χ0n) is 14.6. The Hall–Kier alpha value is -2.70. The molecule has 0 radical (unpaired) electrons. The summed E-state index contributed by atoms with van der Waals surface area (Å²) in [7, 11) is 1.30. The number of rotatable bonds is 5. The second kappa shape index (κ2) is 7.68. The van der Waals surface area contributed by atoms with Crippen LogP contribution in [0.25, 0.3) is 0 Å². The first kappa shape index (κ1) is 18.1. The van der Waals surface area contributed by atoms with Crippen LogP contribution >= 0.6 is 0 Å². The summed E-state index contributed by atoms with van der Waals surface area (Å²) in [5.74, 6) is -2.11. The van der Waals surface area contributed by atoms with Gasteiger partial charge in [-0.3, -0.25) is 19.3 Å². The molecule has 1 saturated heterocycles. The Kier molecular flexibility index (Phi) is 5.35. The molecule has 1 aliphatic heterocycles. The summed E-state index contributed by atoms with van der Waals surface area (Å²) in [5.41, 5.74) is 1.09. The van der Waals surface area contributed by atoms with Gasteiger partial charge in [-0.2, -0.15) is 0 Å². The SMILES string of the molecule is COC(=O)c1ccc(COC(=O)CN2C(=O)C3CCCCC3C2=O)cc1. The fraction of sp³-hybridized carbons (Fsp3) is 0.474. The summed E-state index contributed by atoms with van der Waals surface area (Å²) < 4.78 is 9.78. The van der Waals surface area contributed by atoms with E-state index in [1.807, 2.05) is 0 Å². The fourth-order valence-corrected chi connectivity index (χ4v) is 3.58. The van der Waals surface area contributed by atoms with Gasteiger partial charge in [-0.05, 0) is 30.5 Å². The van der Waals surface area contributed by atoms with Gasteiger partial charge in [-0.25, -0.2) is 4.79 Å². The predicted molar refractivity (Wildman–Crippen MR) is 89.7 cm³/mol. The van der Waals surface area contributed by atoms with E-state index in [1.165, 1.54) is 7.11 Å². The average Bonchev–Trinajstić information content (AvgIpc) is 2.91. The van der Waals surface area contributed by atoms with Gasteiger partial charge >= 0.3 is 11.9 Å². The highest BCUT2D eigenvalue weighted by molar-refractivity contribution is 6.07. The van der Waals surface area contributed by atoms with Crippen LogP contribution in [0.1, 0.15) is 41.6 Å². The van der Waals surface area contributed by atoms with Crippen molar-refractivity contribution in [1.82, 2.24) is 4.90 Å². The highest BCUT2D eigenvalue weighted by Crippen LogP contribution is 2.37. The number of amides is 2. The number of imide groups is 1. The molecule has 2 aliphatic rings. The van der Waals surface area contributed by atoms with E-state index in [1.54, 1.807) is 24.3 Å². The van der Waals surface area contributed by atoms with Crippen molar-refractivity contribution >= 4 is 23.8 Å². The van der Waals surface area contributed by atoms with Crippen molar-refractivity contribution in [3.8, 4) is 0 Å². The number of esters is 2. The van der Waals surface area contributed by atoms with Crippen molar-refractivity contribution in [2.24, 2.45) is 11.8 Å². The number of carbonyl (C=O) groups excluding carboxylic acids is 4. The Morgan fingerprint density at radius 3 is 2.15 bits per heavy atom. The molecule has 2 unspecified atom stereocenters. The second-order valence-corrected chi connectivity index (χ2v) is 6.61. The zero-order valence-corrected chi connectivity index (χ0v) is 14.6. The summed E-state index contributed by atoms with van der Waals surface area (Å²) in [6.45, 7) is -0.339. The van der Waals surface area contributed by atoms with E-state index in [9.17, 15) is 19.2 Å². The van der Waals surface area contributed by atoms with E-state index in [4.69, 9.17) is 4.74 Å². The first-order valence-corrected chi connectivity index (χ1v) is 8.69. The van der Waals surface area contributed by atoms with Crippen LogP contribution < -0.4 is 0 Å². The van der Waals surface area contributed by atoms with Gasteiger partial charge in [-0.15, -0.1) is 0 Å². The van der Waals surface area contributed by atoms with E-state index >= 15 is 0 Å². The van der Waals surface area contributed by atoms with E-state index in [2.05, 4.69) is 4.74 Å². The third-order valence-corrected chi connectivity index (χ3v) is 4.99. The Labute approximate surface area is 151 Å². The molecule has 2 amide bonds. The molecule has 1 aromatic carbocycles. The van der Waals surface area contributed by atoms with Crippen molar-refractivity contribution in [2.45, 2.75) is 32.3 Å². The van der Waals surface area contributed by atoms with Crippen LogP contribution in [0.3, 0.4) is 0 Å². The van der Waals surface area contributed by atoms with Gasteiger partial charge in [0, 0.05) is 0 Å². The minimum absolute atomic E-state index is 0.00334. The summed E-state index contributed by atoms with van der Waals surface area (Å²) in [4.78, 5) is 49.2. The zero-order chi connectivity index (χ0) is 18.7. The number of likely N-dealkylation sites (tertiary alicyclic amines) is 1. The first-order valence-electron chi connectivity index (χ1n) is 8.69. The Balaban J connectivity index is 1.53. The number of nitrogens with zero attached hydrogens (tertiary/aromatic N) is 1. The molecule has 0 N–H and O–H groups in total. The lowest BCUT2D eigenvalue weighted by molar-refractivity contribution is -0.153. The smallest absolute Gasteiger partial charge is 0.337 e. The molecule has 3 rings (SSSR count). The molecule has 2 fully saturated rings. The van der Waals surface area contributed by atoms with Crippen LogP contribution in [0, 0.1) is 11.8 Å². The van der Waals surface area contributed by atoms with Crippen molar-refractivity contribution in [1.29, 1.82) is 0 Å². The third kappa shape index (κ3) is 3.61. The number of benzene rings is 1. The Bertz CT molecular complexity index is 702. The van der Waals surface area contributed by atoms with E-state index in [0.717, 1.165) is 17.7 Å². The lowest BCUT2D eigenvalue weighted by Gasteiger charge is -2.19. The monoisotopic (exact) mass is 359 g/mol. The minimum Gasteiger partial charge on any atom is -0.465 e. The standard InChI is InChI=1S/C19H21NO6/c1-25-19(24)13-8-6-12(7-9-13)11-26-16(21)10-20-17(22)14-4-2-3-5-15(14)18(20)23/h6-9,14-15H,2-5,10-11H2,1H3. The van der Waals surface area contributed by atoms with Gasteiger partial charge in [0.05, 0.1) is 24.5 Å². The average molecular weight is 359 g/mol. The molecule has 138 valence electrons. The van der Waals surface area contributed by atoms with Crippen LogP contribution in [-0.4, -0.2) is 42.3 Å². The Morgan fingerprint density at radius 1 is 1.04 bits per heavy atom. The van der Waals surface area contributed by atoms with Gasteiger partial charge in [0.2, 0.25) is 11.8 Å². The van der Waals surface area contributed by atoms with Gasteiger partial charge in [0.15, 0.2) is 0 Å². The molecule has 1 aliphatic carbocycles. The summed E-state index contributed by atoms with van der Waals surface area (Å²) in [5, 5.41) is 0. The number of hydrogen-bond acceptors (Lipinski definition) is 6. The van der Waals surface area contributed by atoms with Crippen LogP contribution in [-0.2, 0) is 30.5 Å². The normalized spacial score (nSPS) is 22.1. The molecule has 1 heterocycles. The molecule has 26 heavy (non-hydrogen) atoms. The number of ether oxygens (including phenoxy) is 2. The molecule has 2 atom stereocenters. The molecular weight excluding hydrogens is 338 g/mol. The van der Waals surface area contributed by atoms with Crippen molar-refractivity contribution in [3.63, 3.8) is 0 Å². The molecule has 7 nitrogen and oxygen atoms in total. The Morgan fingerprint density at radius 2 is 1.62 bits per heavy atom. The topological polar surface area (TPSA) is 90.0 Å². The van der Waals surface area contributed by atoms with Gasteiger partial charge in [-0.1, -0.05) is 25.0 Å². The summed E-state index contributed by atoms with van der Waals surface area (Å²) in [6.07, 6.45) is 3.32. The largest absolute Gasteiger partial charge is 0.465 e. The summed E-state index contributed by atoms with van der Waals surface area (Å²) >= 11 is 0. The first-order chi connectivity index (χ1) is 12.5. The second-order valence-electron chi connectivity index (χ2n) is 6.61. The molecular formula is C19H21NO6. The highest BCUT2D eigenvalue weighted by atomic mass is 16.5. The maximum atomic E-state index is 12.3. The predicted octanol–water partition coefficient (Wildman–Crippen LogP) is 1.69. The molecule has 1 saturated carbocycles. The van der Waals surface area contributed by atoms with Crippen molar-refractivity contribution in [2.75, 3.05) is 13.7 Å². The van der Waals surface area contributed by atoms with E-state index in [0.29, 0.717) is 24.0 Å². The quantitative estimate of drug-likeness (QED) is 0.587. The third-order valence-electron chi connectivity index (χ3n) is 4.99. The van der Waals surface area contributed by atoms with Gasteiger partial charge in [0.25, 0.3) is 0 Å². The molecule has 0 spiro atoms.